The SMILES string of the molecule is CC1CCCC(C(NN)c2ccccc2N)C1. The second-order valence-corrected chi connectivity index (χ2v) is 5.31. The van der Waals surface area contributed by atoms with E-state index >= 15 is 0 Å². The fourth-order valence-electron chi connectivity index (χ4n) is 3.06. The molecule has 5 N–H and O–H groups in total. The summed E-state index contributed by atoms with van der Waals surface area (Å²) >= 11 is 0. The van der Waals surface area contributed by atoms with E-state index < -0.39 is 0 Å². The Labute approximate surface area is 104 Å². The van der Waals surface area contributed by atoms with Crippen LogP contribution in [0.3, 0.4) is 0 Å². The molecule has 3 heteroatoms. The molecule has 0 spiro atoms. The minimum absolute atomic E-state index is 0.193. The van der Waals surface area contributed by atoms with Gasteiger partial charge < -0.3 is 5.73 Å². The Kier molecular flexibility index (Phi) is 4.02. The molecule has 1 aliphatic rings. The summed E-state index contributed by atoms with van der Waals surface area (Å²) < 4.78 is 0. The summed E-state index contributed by atoms with van der Waals surface area (Å²) in [6, 6.07) is 8.22. The van der Waals surface area contributed by atoms with Gasteiger partial charge in [0.1, 0.15) is 0 Å². The zero-order valence-electron chi connectivity index (χ0n) is 10.5. The number of hydrogen-bond donors (Lipinski definition) is 3. The zero-order chi connectivity index (χ0) is 12.3. The van der Waals surface area contributed by atoms with E-state index in [1.165, 1.54) is 25.7 Å². The van der Waals surface area contributed by atoms with E-state index in [1.54, 1.807) is 0 Å². The fraction of sp³-hybridized carbons (Fsp3) is 0.571. The van der Waals surface area contributed by atoms with Gasteiger partial charge in [-0.3, -0.25) is 11.3 Å². The highest BCUT2D eigenvalue weighted by atomic mass is 15.2. The van der Waals surface area contributed by atoms with Gasteiger partial charge in [0, 0.05) is 5.69 Å². The number of benzene rings is 1. The van der Waals surface area contributed by atoms with Gasteiger partial charge in [0.2, 0.25) is 0 Å². The smallest absolute Gasteiger partial charge is 0.0508 e. The van der Waals surface area contributed by atoms with Crippen LogP contribution >= 0.6 is 0 Å². The third-order valence-electron chi connectivity index (χ3n) is 3.96. The lowest BCUT2D eigenvalue weighted by atomic mass is 9.76. The maximum Gasteiger partial charge on any atom is 0.0508 e. The summed E-state index contributed by atoms with van der Waals surface area (Å²) in [5.41, 5.74) is 11.0. The highest BCUT2D eigenvalue weighted by Crippen LogP contribution is 2.38. The first-order valence-electron chi connectivity index (χ1n) is 6.53. The Hall–Kier alpha value is -1.06. The number of anilines is 1. The van der Waals surface area contributed by atoms with Crippen LogP contribution in [0.2, 0.25) is 0 Å². The summed E-state index contributed by atoms with van der Waals surface area (Å²) in [7, 11) is 0. The second kappa shape index (κ2) is 5.52. The fourth-order valence-corrected chi connectivity index (χ4v) is 3.06. The highest BCUT2D eigenvalue weighted by molar-refractivity contribution is 5.48. The van der Waals surface area contributed by atoms with Crippen LogP contribution in [0.1, 0.15) is 44.2 Å². The lowest BCUT2D eigenvalue weighted by molar-refractivity contribution is 0.225. The highest BCUT2D eigenvalue weighted by Gasteiger charge is 2.27. The number of rotatable bonds is 3. The van der Waals surface area contributed by atoms with Crippen molar-refractivity contribution in [2.75, 3.05) is 5.73 Å². The summed E-state index contributed by atoms with van der Waals surface area (Å²) in [4.78, 5) is 0. The van der Waals surface area contributed by atoms with E-state index in [4.69, 9.17) is 11.6 Å². The molecule has 1 aliphatic carbocycles. The number of nitrogens with two attached hydrogens (primary N) is 2. The summed E-state index contributed by atoms with van der Waals surface area (Å²) in [5.74, 6) is 7.15. The monoisotopic (exact) mass is 233 g/mol. The Balaban J connectivity index is 2.18. The van der Waals surface area contributed by atoms with Gasteiger partial charge >= 0.3 is 0 Å². The molecule has 1 fully saturated rings. The molecule has 0 aromatic heterocycles. The van der Waals surface area contributed by atoms with E-state index in [0.29, 0.717) is 5.92 Å². The predicted octanol–water partition coefficient (Wildman–Crippen LogP) is 2.60. The molecule has 1 saturated carbocycles. The first-order chi connectivity index (χ1) is 8.22. The molecule has 0 amide bonds. The summed E-state index contributed by atoms with van der Waals surface area (Å²) in [5, 5.41) is 0. The Morgan fingerprint density at radius 2 is 2.06 bits per heavy atom. The van der Waals surface area contributed by atoms with Gasteiger partial charge in [-0.1, -0.05) is 38.0 Å². The van der Waals surface area contributed by atoms with Crippen LogP contribution < -0.4 is 17.0 Å². The largest absolute Gasteiger partial charge is 0.398 e. The van der Waals surface area contributed by atoms with Gasteiger partial charge in [-0.05, 0) is 36.3 Å². The average molecular weight is 233 g/mol. The van der Waals surface area contributed by atoms with E-state index in [9.17, 15) is 0 Å². The van der Waals surface area contributed by atoms with E-state index in [2.05, 4.69) is 18.4 Å². The number of para-hydroxylation sites is 1. The summed E-state index contributed by atoms with van der Waals surface area (Å²) in [6.07, 6.45) is 5.13. The van der Waals surface area contributed by atoms with Crippen molar-refractivity contribution in [2.24, 2.45) is 17.7 Å². The topological polar surface area (TPSA) is 64.1 Å². The van der Waals surface area contributed by atoms with Crippen LogP contribution in [0.15, 0.2) is 24.3 Å². The molecule has 0 saturated heterocycles. The molecule has 94 valence electrons. The van der Waals surface area contributed by atoms with Crippen molar-refractivity contribution in [2.45, 2.75) is 38.6 Å². The van der Waals surface area contributed by atoms with E-state index in [-0.39, 0.29) is 6.04 Å². The number of hydrogen-bond acceptors (Lipinski definition) is 3. The molecule has 2 rings (SSSR count). The lowest BCUT2D eigenvalue weighted by Crippen LogP contribution is -2.36. The van der Waals surface area contributed by atoms with Crippen molar-refractivity contribution < 1.29 is 0 Å². The summed E-state index contributed by atoms with van der Waals surface area (Å²) in [6.45, 7) is 2.33. The van der Waals surface area contributed by atoms with Crippen molar-refractivity contribution in [3.05, 3.63) is 29.8 Å². The Morgan fingerprint density at radius 1 is 1.29 bits per heavy atom. The average Bonchev–Trinajstić information content (AvgIpc) is 2.33. The maximum atomic E-state index is 6.04. The molecule has 17 heavy (non-hydrogen) atoms. The molecule has 3 unspecified atom stereocenters. The number of nitrogens with one attached hydrogen (secondary N) is 1. The van der Waals surface area contributed by atoms with Crippen LogP contribution in [0.4, 0.5) is 5.69 Å². The minimum atomic E-state index is 0.193. The van der Waals surface area contributed by atoms with Crippen molar-refractivity contribution in [3.63, 3.8) is 0 Å². The predicted molar refractivity (Wildman–Crippen MR) is 72.0 cm³/mol. The molecule has 3 nitrogen and oxygen atoms in total. The molecular weight excluding hydrogens is 210 g/mol. The molecule has 0 radical (unpaired) electrons. The first-order valence-corrected chi connectivity index (χ1v) is 6.53. The second-order valence-electron chi connectivity index (χ2n) is 5.31. The van der Waals surface area contributed by atoms with Gasteiger partial charge in [0.15, 0.2) is 0 Å². The molecule has 1 aromatic carbocycles. The number of nitrogen functional groups attached to an aromatic ring is 1. The standard InChI is InChI=1S/C14H23N3/c1-10-5-4-6-11(9-10)14(17-16)12-7-2-3-8-13(12)15/h2-3,7-8,10-11,14,17H,4-6,9,15-16H2,1H3. The third kappa shape index (κ3) is 2.79. The normalized spacial score (nSPS) is 26.7. The van der Waals surface area contributed by atoms with Gasteiger partial charge in [0.25, 0.3) is 0 Å². The van der Waals surface area contributed by atoms with E-state index in [0.717, 1.165) is 17.2 Å². The Bertz CT molecular complexity index is 364. The van der Waals surface area contributed by atoms with Crippen molar-refractivity contribution in [1.82, 2.24) is 5.43 Å². The van der Waals surface area contributed by atoms with Crippen molar-refractivity contribution in [3.8, 4) is 0 Å². The molecule has 0 aliphatic heterocycles. The van der Waals surface area contributed by atoms with Gasteiger partial charge in [-0.25, -0.2) is 0 Å². The maximum absolute atomic E-state index is 6.04. The molecular formula is C14H23N3. The van der Waals surface area contributed by atoms with Crippen LogP contribution in [-0.4, -0.2) is 0 Å². The Morgan fingerprint density at radius 3 is 2.71 bits per heavy atom. The quantitative estimate of drug-likeness (QED) is 0.427. The van der Waals surface area contributed by atoms with Crippen LogP contribution in [0.25, 0.3) is 0 Å². The number of hydrazine groups is 1. The van der Waals surface area contributed by atoms with Gasteiger partial charge in [0.05, 0.1) is 6.04 Å². The molecule has 0 bridgehead atoms. The minimum Gasteiger partial charge on any atom is -0.398 e. The van der Waals surface area contributed by atoms with E-state index in [1.807, 2.05) is 18.2 Å². The van der Waals surface area contributed by atoms with Crippen LogP contribution in [0, 0.1) is 11.8 Å². The van der Waals surface area contributed by atoms with Crippen molar-refractivity contribution in [1.29, 1.82) is 0 Å². The van der Waals surface area contributed by atoms with Crippen LogP contribution in [-0.2, 0) is 0 Å². The lowest BCUT2D eigenvalue weighted by Gasteiger charge is -2.33. The molecule has 1 aromatic rings. The molecule has 3 atom stereocenters. The van der Waals surface area contributed by atoms with Crippen LogP contribution in [0.5, 0.6) is 0 Å². The third-order valence-corrected chi connectivity index (χ3v) is 3.96. The molecule has 0 heterocycles. The van der Waals surface area contributed by atoms with Crippen molar-refractivity contribution >= 4 is 5.69 Å². The first kappa shape index (κ1) is 12.4. The van der Waals surface area contributed by atoms with Gasteiger partial charge in [-0.2, -0.15) is 0 Å². The van der Waals surface area contributed by atoms with Gasteiger partial charge in [-0.15, -0.1) is 0 Å². The zero-order valence-corrected chi connectivity index (χ0v) is 10.5.